The molecule has 23 heavy (non-hydrogen) atoms. The van der Waals surface area contributed by atoms with Gasteiger partial charge in [0.25, 0.3) is 0 Å². The number of H-pyrrole nitrogens is 1. The van der Waals surface area contributed by atoms with E-state index < -0.39 is 0 Å². The Bertz CT molecular complexity index is 676. The fourth-order valence-electron chi connectivity index (χ4n) is 2.83. The molecule has 0 spiro atoms. The van der Waals surface area contributed by atoms with Crippen molar-refractivity contribution in [3.63, 3.8) is 0 Å². The molecule has 0 aliphatic carbocycles. The maximum absolute atomic E-state index is 12.3. The number of imidazole rings is 1. The second-order valence-electron chi connectivity index (χ2n) is 6.48. The molecule has 0 saturated carbocycles. The van der Waals surface area contributed by atoms with Crippen LogP contribution in [0.25, 0.3) is 0 Å². The minimum atomic E-state index is 0.139. The number of aromatic amines is 1. The van der Waals surface area contributed by atoms with Gasteiger partial charge in [0.1, 0.15) is 5.82 Å². The molecule has 3 heterocycles. The topological polar surface area (TPSA) is 87.9 Å². The summed E-state index contributed by atoms with van der Waals surface area (Å²) in [5.74, 6) is 2.90. The van der Waals surface area contributed by atoms with E-state index in [1.54, 1.807) is 0 Å². The fraction of sp³-hybridized carbons (Fsp3) is 0.625. The minimum absolute atomic E-state index is 0.139. The molecular formula is C16H23N5O2. The van der Waals surface area contributed by atoms with E-state index in [9.17, 15) is 4.79 Å². The number of nitrogens with one attached hydrogen (secondary N) is 1. The molecule has 7 heteroatoms. The van der Waals surface area contributed by atoms with Crippen molar-refractivity contribution in [3.8, 4) is 0 Å². The zero-order valence-corrected chi connectivity index (χ0v) is 13.9. The highest BCUT2D eigenvalue weighted by Crippen LogP contribution is 2.25. The quantitative estimate of drug-likeness (QED) is 0.913. The van der Waals surface area contributed by atoms with Gasteiger partial charge < -0.3 is 14.4 Å². The van der Waals surface area contributed by atoms with E-state index in [1.807, 2.05) is 31.9 Å². The van der Waals surface area contributed by atoms with Gasteiger partial charge in [0, 0.05) is 49.7 Å². The molecule has 1 aliphatic rings. The highest BCUT2D eigenvalue weighted by atomic mass is 16.5. The molecule has 1 atom stereocenters. The van der Waals surface area contributed by atoms with Crippen LogP contribution in [0.1, 0.15) is 61.8 Å². The first-order valence-corrected chi connectivity index (χ1v) is 8.14. The van der Waals surface area contributed by atoms with Gasteiger partial charge in [0.05, 0.1) is 0 Å². The largest absolute Gasteiger partial charge is 0.346 e. The van der Waals surface area contributed by atoms with Crippen LogP contribution < -0.4 is 0 Å². The van der Waals surface area contributed by atoms with Gasteiger partial charge in [-0.05, 0) is 13.3 Å². The van der Waals surface area contributed by atoms with Gasteiger partial charge in [-0.2, -0.15) is 4.98 Å². The molecule has 1 fully saturated rings. The van der Waals surface area contributed by atoms with Gasteiger partial charge in [-0.1, -0.05) is 19.0 Å². The van der Waals surface area contributed by atoms with Crippen LogP contribution in [0.4, 0.5) is 0 Å². The Balaban J connectivity index is 1.51. The van der Waals surface area contributed by atoms with E-state index in [-0.39, 0.29) is 11.8 Å². The third-order valence-electron chi connectivity index (χ3n) is 4.20. The molecule has 1 N–H and O–H groups in total. The molecule has 2 aromatic rings. The van der Waals surface area contributed by atoms with Crippen LogP contribution in [0.2, 0.25) is 0 Å². The van der Waals surface area contributed by atoms with E-state index >= 15 is 0 Å². The molecule has 0 aromatic carbocycles. The third-order valence-corrected chi connectivity index (χ3v) is 4.20. The fourth-order valence-corrected chi connectivity index (χ4v) is 2.83. The SMILES string of the molecule is Cc1cnc([C@H]2CCN(C(=O)CCc3nc(C(C)C)no3)C2)[nH]1. The summed E-state index contributed by atoms with van der Waals surface area (Å²) in [6, 6.07) is 0. The Hall–Kier alpha value is -2.18. The Labute approximate surface area is 135 Å². The average Bonchev–Trinajstić information content (AvgIpc) is 3.24. The summed E-state index contributed by atoms with van der Waals surface area (Å²) in [6.07, 6.45) is 3.70. The Morgan fingerprint density at radius 3 is 3.00 bits per heavy atom. The summed E-state index contributed by atoms with van der Waals surface area (Å²) in [6.45, 7) is 7.53. The third kappa shape index (κ3) is 3.60. The maximum Gasteiger partial charge on any atom is 0.227 e. The van der Waals surface area contributed by atoms with Crippen molar-refractivity contribution in [3.05, 3.63) is 29.4 Å². The van der Waals surface area contributed by atoms with Crippen LogP contribution in [0.3, 0.4) is 0 Å². The number of aromatic nitrogens is 4. The van der Waals surface area contributed by atoms with Gasteiger partial charge in [-0.25, -0.2) is 4.98 Å². The van der Waals surface area contributed by atoms with Gasteiger partial charge >= 0.3 is 0 Å². The standard InChI is InChI=1S/C16H23N5O2/c1-10(2)15-19-13(23-20-15)4-5-14(22)21-7-6-12(9-21)16-17-8-11(3)18-16/h8,10,12H,4-7,9H2,1-3H3,(H,17,18)/t12-/m0/s1. The van der Waals surface area contributed by atoms with Crippen molar-refractivity contribution in [2.45, 2.75) is 51.9 Å². The predicted molar refractivity (Wildman–Crippen MR) is 84.0 cm³/mol. The summed E-state index contributed by atoms with van der Waals surface area (Å²) in [5, 5.41) is 3.92. The number of carbonyl (C=O) groups excluding carboxylic acids is 1. The lowest BCUT2D eigenvalue weighted by Gasteiger charge is -2.15. The van der Waals surface area contributed by atoms with Crippen molar-refractivity contribution >= 4 is 5.91 Å². The number of hydrogen-bond acceptors (Lipinski definition) is 5. The molecule has 0 radical (unpaired) electrons. The van der Waals surface area contributed by atoms with Gasteiger partial charge in [0.2, 0.25) is 11.8 Å². The van der Waals surface area contributed by atoms with Crippen molar-refractivity contribution in [1.29, 1.82) is 0 Å². The summed E-state index contributed by atoms with van der Waals surface area (Å²) < 4.78 is 5.19. The van der Waals surface area contributed by atoms with Gasteiger partial charge in [-0.3, -0.25) is 4.79 Å². The van der Waals surface area contributed by atoms with E-state index in [4.69, 9.17) is 4.52 Å². The predicted octanol–water partition coefficient (Wildman–Crippen LogP) is 2.17. The summed E-state index contributed by atoms with van der Waals surface area (Å²) >= 11 is 0. The second kappa shape index (κ2) is 6.52. The van der Waals surface area contributed by atoms with Crippen LogP contribution in [0.5, 0.6) is 0 Å². The molecule has 3 rings (SSSR count). The first-order chi connectivity index (χ1) is 11.0. The summed E-state index contributed by atoms with van der Waals surface area (Å²) in [7, 11) is 0. The number of aryl methyl sites for hydroxylation is 2. The normalized spacial score (nSPS) is 18.1. The smallest absolute Gasteiger partial charge is 0.227 e. The van der Waals surface area contributed by atoms with Crippen LogP contribution >= 0.6 is 0 Å². The maximum atomic E-state index is 12.3. The highest BCUT2D eigenvalue weighted by molar-refractivity contribution is 5.76. The number of carbonyl (C=O) groups is 1. The zero-order valence-electron chi connectivity index (χ0n) is 13.9. The van der Waals surface area contributed by atoms with Gasteiger partial charge in [-0.15, -0.1) is 0 Å². The molecule has 0 unspecified atom stereocenters. The number of amides is 1. The molecule has 7 nitrogen and oxygen atoms in total. The molecule has 1 amide bonds. The second-order valence-corrected chi connectivity index (χ2v) is 6.48. The first kappa shape index (κ1) is 15.7. The molecule has 1 saturated heterocycles. The summed E-state index contributed by atoms with van der Waals surface area (Å²) in [5.41, 5.74) is 1.06. The zero-order chi connectivity index (χ0) is 16.4. The van der Waals surface area contributed by atoms with Crippen molar-refractivity contribution in [2.24, 2.45) is 0 Å². The van der Waals surface area contributed by atoms with E-state index in [0.717, 1.165) is 31.0 Å². The molecular weight excluding hydrogens is 294 g/mol. The van der Waals surface area contributed by atoms with E-state index in [0.29, 0.717) is 30.5 Å². The average molecular weight is 317 g/mol. The van der Waals surface area contributed by atoms with E-state index in [1.165, 1.54) is 0 Å². The lowest BCUT2D eigenvalue weighted by atomic mass is 10.1. The number of hydrogen-bond donors (Lipinski definition) is 1. The van der Waals surface area contributed by atoms with Crippen LogP contribution in [0, 0.1) is 6.92 Å². The monoisotopic (exact) mass is 317 g/mol. The highest BCUT2D eigenvalue weighted by Gasteiger charge is 2.29. The number of likely N-dealkylation sites (tertiary alicyclic amines) is 1. The lowest BCUT2D eigenvalue weighted by molar-refractivity contribution is -0.130. The van der Waals surface area contributed by atoms with Crippen LogP contribution in [0.15, 0.2) is 10.7 Å². The molecule has 0 bridgehead atoms. The lowest BCUT2D eigenvalue weighted by Crippen LogP contribution is -2.28. The molecule has 124 valence electrons. The van der Waals surface area contributed by atoms with Crippen LogP contribution in [-0.2, 0) is 11.2 Å². The molecule has 1 aliphatic heterocycles. The number of nitrogens with zero attached hydrogens (tertiary/aromatic N) is 4. The minimum Gasteiger partial charge on any atom is -0.346 e. The van der Waals surface area contributed by atoms with Crippen LogP contribution in [-0.4, -0.2) is 44.0 Å². The Kier molecular flexibility index (Phi) is 4.45. The van der Waals surface area contributed by atoms with Crippen molar-refractivity contribution in [2.75, 3.05) is 13.1 Å². The van der Waals surface area contributed by atoms with Crippen molar-refractivity contribution < 1.29 is 9.32 Å². The van der Waals surface area contributed by atoms with E-state index in [2.05, 4.69) is 20.1 Å². The van der Waals surface area contributed by atoms with Crippen molar-refractivity contribution in [1.82, 2.24) is 25.0 Å². The van der Waals surface area contributed by atoms with Gasteiger partial charge in [0.15, 0.2) is 5.82 Å². The first-order valence-electron chi connectivity index (χ1n) is 8.14. The summed E-state index contributed by atoms with van der Waals surface area (Å²) in [4.78, 5) is 26.2. The number of rotatable bonds is 5. The Morgan fingerprint density at radius 2 is 2.35 bits per heavy atom. The Morgan fingerprint density at radius 1 is 1.52 bits per heavy atom. The molecule has 2 aromatic heterocycles.